The highest BCUT2D eigenvalue weighted by molar-refractivity contribution is 4.93. The molecule has 0 aliphatic carbocycles. The summed E-state index contributed by atoms with van der Waals surface area (Å²) in [6.45, 7) is -0.0347. The summed E-state index contributed by atoms with van der Waals surface area (Å²) in [5, 5.41) is 45.9. The monoisotopic (exact) mass is 207 g/mol. The molecule has 84 valence electrons. The van der Waals surface area contributed by atoms with Gasteiger partial charge < -0.3 is 25.5 Å². The van der Waals surface area contributed by atoms with Gasteiger partial charge in [0.25, 0.3) is 0 Å². The molecule has 0 aromatic heterocycles. The van der Waals surface area contributed by atoms with Crippen molar-refractivity contribution in [2.75, 3.05) is 26.3 Å². The van der Waals surface area contributed by atoms with E-state index < -0.39 is 24.4 Å². The molecule has 0 aromatic carbocycles. The smallest absolute Gasteiger partial charge is 0.109 e. The number of aliphatic hydroxyl groups is 5. The van der Waals surface area contributed by atoms with Crippen LogP contribution in [0.25, 0.3) is 0 Å². The standard InChI is InChI=1S/C8H17NO5/c10-2-1-9-3-6(12)8(14)7(13)5(9)4-11/h5-8,10-14H,1-4H2/t5-,6+,7+,8+/m1/s1. The zero-order valence-corrected chi connectivity index (χ0v) is 7.82. The molecule has 0 saturated carbocycles. The molecule has 4 atom stereocenters. The molecular weight excluding hydrogens is 190 g/mol. The number of β-amino-alcohol motifs (C(OH)–C–C–N with tert-alkyl or cyclic N) is 2. The fraction of sp³-hybridized carbons (Fsp3) is 1.00. The maximum Gasteiger partial charge on any atom is 0.109 e. The average Bonchev–Trinajstić information content (AvgIpc) is 2.16. The minimum absolute atomic E-state index is 0.119. The SMILES string of the molecule is OCCN1C[C@H](O)[C@H](O)[C@@H](O)[C@H]1CO. The van der Waals surface area contributed by atoms with Gasteiger partial charge in [0.15, 0.2) is 0 Å². The normalized spacial score (nSPS) is 40.1. The number of nitrogens with zero attached hydrogens (tertiary/aromatic N) is 1. The lowest BCUT2D eigenvalue weighted by molar-refractivity contribution is -0.146. The second-order valence-electron chi connectivity index (χ2n) is 3.52. The van der Waals surface area contributed by atoms with Crippen molar-refractivity contribution in [3.63, 3.8) is 0 Å². The van der Waals surface area contributed by atoms with Gasteiger partial charge in [0.2, 0.25) is 0 Å². The molecule has 1 aliphatic rings. The average molecular weight is 207 g/mol. The van der Waals surface area contributed by atoms with Crippen molar-refractivity contribution in [2.45, 2.75) is 24.4 Å². The molecule has 6 heteroatoms. The summed E-state index contributed by atoms with van der Waals surface area (Å²) >= 11 is 0. The van der Waals surface area contributed by atoms with Crippen LogP contribution in [0.3, 0.4) is 0 Å². The molecule has 0 bridgehead atoms. The second-order valence-corrected chi connectivity index (χ2v) is 3.52. The fourth-order valence-electron chi connectivity index (χ4n) is 1.76. The third kappa shape index (κ3) is 2.22. The van der Waals surface area contributed by atoms with Gasteiger partial charge in [-0.1, -0.05) is 0 Å². The maximum atomic E-state index is 9.51. The third-order valence-corrected chi connectivity index (χ3v) is 2.60. The van der Waals surface area contributed by atoms with E-state index in [0.29, 0.717) is 0 Å². The minimum Gasteiger partial charge on any atom is -0.395 e. The van der Waals surface area contributed by atoms with E-state index in [1.807, 2.05) is 0 Å². The highest BCUT2D eigenvalue weighted by atomic mass is 16.4. The van der Waals surface area contributed by atoms with E-state index >= 15 is 0 Å². The fourth-order valence-corrected chi connectivity index (χ4v) is 1.76. The topological polar surface area (TPSA) is 104 Å². The molecule has 1 saturated heterocycles. The molecule has 5 N–H and O–H groups in total. The second kappa shape index (κ2) is 5.01. The Hall–Kier alpha value is -0.240. The van der Waals surface area contributed by atoms with Crippen LogP contribution >= 0.6 is 0 Å². The molecule has 0 spiro atoms. The highest BCUT2D eigenvalue weighted by Gasteiger charge is 2.40. The highest BCUT2D eigenvalue weighted by Crippen LogP contribution is 2.18. The number of rotatable bonds is 3. The van der Waals surface area contributed by atoms with Gasteiger partial charge in [-0.3, -0.25) is 4.90 Å². The lowest BCUT2D eigenvalue weighted by Gasteiger charge is -2.42. The van der Waals surface area contributed by atoms with Crippen molar-refractivity contribution < 1.29 is 25.5 Å². The first-order chi connectivity index (χ1) is 6.61. The first-order valence-corrected chi connectivity index (χ1v) is 4.61. The van der Waals surface area contributed by atoms with Crippen LogP contribution in [0.1, 0.15) is 0 Å². The molecule has 0 amide bonds. The molecule has 6 nitrogen and oxygen atoms in total. The molecule has 1 fully saturated rings. The van der Waals surface area contributed by atoms with Crippen LogP contribution in [0.5, 0.6) is 0 Å². The lowest BCUT2D eigenvalue weighted by atomic mass is 9.94. The number of hydrogen-bond acceptors (Lipinski definition) is 6. The van der Waals surface area contributed by atoms with Crippen LogP contribution in [-0.2, 0) is 0 Å². The summed E-state index contributed by atoms with van der Waals surface area (Å²) in [7, 11) is 0. The van der Waals surface area contributed by atoms with E-state index in [1.54, 1.807) is 4.90 Å². The van der Waals surface area contributed by atoms with Gasteiger partial charge in [-0.25, -0.2) is 0 Å². The van der Waals surface area contributed by atoms with Crippen LogP contribution in [0, 0.1) is 0 Å². The molecule has 0 aromatic rings. The van der Waals surface area contributed by atoms with Crippen molar-refractivity contribution in [3.05, 3.63) is 0 Å². The van der Waals surface area contributed by atoms with Crippen LogP contribution < -0.4 is 0 Å². The van der Waals surface area contributed by atoms with E-state index in [9.17, 15) is 15.3 Å². The Balaban J connectivity index is 2.66. The van der Waals surface area contributed by atoms with Gasteiger partial charge in [-0.15, -0.1) is 0 Å². The zero-order chi connectivity index (χ0) is 10.7. The molecule has 1 rings (SSSR count). The van der Waals surface area contributed by atoms with Gasteiger partial charge in [-0.2, -0.15) is 0 Å². The van der Waals surface area contributed by atoms with Gasteiger partial charge in [-0.05, 0) is 0 Å². The predicted molar refractivity (Wildman–Crippen MR) is 47.6 cm³/mol. The van der Waals surface area contributed by atoms with Crippen LogP contribution in [0.15, 0.2) is 0 Å². The molecule has 1 heterocycles. The predicted octanol–water partition coefficient (Wildman–Crippen LogP) is -3.26. The van der Waals surface area contributed by atoms with Crippen LogP contribution in [0.2, 0.25) is 0 Å². The van der Waals surface area contributed by atoms with Gasteiger partial charge in [0.1, 0.15) is 12.2 Å². The Morgan fingerprint density at radius 1 is 1.07 bits per heavy atom. The first-order valence-electron chi connectivity index (χ1n) is 4.61. The summed E-state index contributed by atoms with van der Waals surface area (Å²) in [6, 6.07) is -0.624. The summed E-state index contributed by atoms with van der Waals surface area (Å²) < 4.78 is 0. The molecule has 14 heavy (non-hydrogen) atoms. The van der Waals surface area contributed by atoms with E-state index in [2.05, 4.69) is 0 Å². The van der Waals surface area contributed by atoms with Crippen LogP contribution in [0.4, 0.5) is 0 Å². The van der Waals surface area contributed by atoms with E-state index in [4.69, 9.17) is 10.2 Å². The number of aliphatic hydroxyl groups excluding tert-OH is 5. The quantitative estimate of drug-likeness (QED) is 0.333. The largest absolute Gasteiger partial charge is 0.395 e. The van der Waals surface area contributed by atoms with E-state index in [1.165, 1.54) is 0 Å². The van der Waals surface area contributed by atoms with Gasteiger partial charge >= 0.3 is 0 Å². The number of piperidine rings is 1. The molecular formula is C8H17NO5. The first kappa shape index (κ1) is 11.8. The summed E-state index contributed by atoms with van der Waals surface area (Å²) in [5.74, 6) is 0. The van der Waals surface area contributed by atoms with Gasteiger partial charge in [0.05, 0.1) is 25.4 Å². The zero-order valence-electron chi connectivity index (χ0n) is 7.82. The molecule has 0 radical (unpaired) electrons. The lowest BCUT2D eigenvalue weighted by Crippen LogP contribution is -2.62. The summed E-state index contributed by atoms with van der Waals surface area (Å²) in [6.07, 6.45) is -3.46. The Morgan fingerprint density at radius 2 is 1.71 bits per heavy atom. The van der Waals surface area contributed by atoms with E-state index in [0.717, 1.165) is 0 Å². The van der Waals surface area contributed by atoms with Crippen molar-refractivity contribution in [2.24, 2.45) is 0 Å². The van der Waals surface area contributed by atoms with Crippen molar-refractivity contribution >= 4 is 0 Å². The Bertz CT molecular complexity index is 179. The maximum absolute atomic E-state index is 9.51. The summed E-state index contributed by atoms with van der Waals surface area (Å²) in [4.78, 5) is 1.56. The Morgan fingerprint density at radius 3 is 2.21 bits per heavy atom. The van der Waals surface area contributed by atoms with Crippen molar-refractivity contribution in [3.8, 4) is 0 Å². The number of hydrogen-bond donors (Lipinski definition) is 5. The Kier molecular flexibility index (Phi) is 4.24. The van der Waals surface area contributed by atoms with Crippen LogP contribution in [-0.4, -0.2) is 81.1 Å². The third-order valence-electron chi connectivity index (χ3n) is 2.60. The molecule has 0 unspecified atom stereocenters. The van der Waals surface area contributed by atoms with Crippen molar-refractivity contribution in [1.82, 2.24) is 4.90 Å². The molecule has 1 aliphatic heterocycles. The minimum atomic E-state index is -1.23. The number of likely N-dealkylation sites (tertiary alicyclic amines) is 1. The van der Waals surface area contributed by atoms with E-state index in [-0.39, 0.29) is 26.3 Å². The van der Waals surface area contributed by atoms with Gasteiger partial charge in [0, 0.05) is 13.1 Å². The van der Waals surface area contributed by atoms with Crippen molar-refractivity contribution in [1.29, 1.82) is 0 Å². The Labute approximate surface area is 82.0 Å². The summed E-state index contributed by atoms with van der Waals surface area (Å²) in [5.41, 5.74) is 0.